The van der Waals surface area contributed by atoms with Crippen LogP contribution in [-0.2, 0) is 10.3 Å². The molecule has 2 atom stereocenters. The van der Waals surface area contributed by atoms with Crippen molar-refractivity contribution in [3.63, 3.8) is 0 Å². The molecule has 7 nitrogen and oxygen atoms in total. The number of rotatable bonds is 14. The molecular weight excluding hydrogens is 600 g/mol. The minimum Gasteiger partial charge on any atom is -0.497 e. The van der Waals surface area contributed by atoms with Gasteiger partial charge in [0.1, 0.15) is 12.4 Å². The Balaban J connectivity index is 0.000000671. The van der Waals surface area contributed by atoms with E-state index < -0.39 is 5.60 Å². The topological polar surface area (TPSA) is 69.3 Å². The van der Waals surface area contributed by atoms with Crippen LogP contribution in [0.5, 0.6) is 17.2 Å². The Kier molecular flexibility index (Phi) is 14.2. The SMILES string of the molecule is CCCC(=O)c1ccc(NC(C)CN2CCC(c3cccc4c3OC(C)(c3ccc(OC)cc3)CO4)CC2)c(C)c1.CCCCCOC. The van der Waals surface area contributed by atoms with Crippen LogP contribution in [0, 0.1) is 6.92 Å². The van der Waals surface area contributed by atoms with Crippen LogP contribution >= 0.6 is 0 Å². The average molecular weight is 659 g/mol. The number of unbranched alkanes of at least 4 members (excludes halogenated alkanes) is 2. The smallest absolute Gasteiger partial charge is 0.166 e. The molecule has 0 radical (unpaired) electrons. The molecule has 1 saturated heterocycles. The third-order valence-electron chi connectivity index (χ3n) is 9.48. The Labute approximate surface area is 289 Å². The van der Waals surface area contributed by atoms with Crippen LogP contribution in [0.3, 0.4) is 0 Å². The third-order valence-corrected chi connectivity index (χ3v) is 9.48. The number of para-hydroxylation sites is 1. The van der Waals surface area contributed by atoms with E-state index in [4.69, 9.17) is 18.9 Å². The van der Waals surface area contributed by atoms with E-state index in [-0.39, 0.29) is 5.78 Å². The summed E-state index contributed by atoms with van der Waals surface area (Å²) in [4.78, 5) is 14.8. The Morgan fingerprint density at radius 1 is 1.02 bits per heavy atom. The van der Waals surface area contributed by atoms with Gasteiger partial charge in [0.2, 0.25) is 0 Å². The summed E-state index contributed by atoms with van der Waals surface area (Å²) in [6, 6.07) is 20.7. The van der Waals surface area contributed by atoms with Crippen molar-refractivity contribution in [3.05, 3.63) is 82.9 Å². The maximum Gasteiger partial charge on any atom is 0.166 e. The van der Waals surface area contributed by atoms with Crippen LogP contribution in [0.15, 0.2) is 60.7 Å². The number of carbonyl (C=O) groups is 1. The van der Waals surface area contributed by atoms with Crippen LogP contribution in [0.1, 0.15) is 106 Å². The Bertz CT molecular complexity index is 1430. The minimum atomic E-state index is -0.559. The van der Waals surface area contributed by atoms with Gasteiger partial charge >= 0.3 is 0 Å². The van der Waals surface area contributed by atoms with Crippen LogP contribution < -0.4 is 19.5 Å². The van der Waals surface area contributed by atoms with Gasteiger partial charge in [0.05, 0.1) is 7.11 Å². The molecule has 3 aromatic rings. The second-order valence-corrected chi connectivity index (χ2v) is 13.5. The van der Waals surface area contributed by atoms with Gasteiger partial charge in [-0.3, -0.25) is 4.79 Å². The first-order valence-electron chi connectivity index (χ1n) is 17.9. The van der Waals surface area contributed by atoms with Crippen LogP contribution in [-0.4, -0.2) is 63.8 Å². The first kappa shape index (κ1) is 37.3. The van der Waals surface area contributed by atoms with Gasteiger partial charge in [0.25, 0.3) is 0 Å². The highest BCUT2D eigenvalue weighted by atomic mass is 16.6. The number of ketones is 1. The second kappa shape index (κ2) is 18.3. The molecule has 0 amide bonds. The quantitative estimate of drug-likeness (QED) is 0.137. The normalized spacial score (nSPS) is 18.4. The van der Waals surface area contributed by atoms with Crippen molar-refractivity contribution in [1.82, 2.24) is 4.90 Å². The zero-order valence-electron chi connectivity index (χ0n) is 30.4. The molecule has 7 heteroatoms. The Morgan fingerprint density at radius 2 is 1.77 bits per heavy atom. The summed E-state index contributed by atoms with van der Waals surface area (Å²) in [6.45, 7) is 15.1. The number of ether oxygens (including phenoxy) is 4. The van der Waals surface area contributed by atoms with E-state index in [2.05, 4.69) is 68.2 Å². The lowest BCUT2D eigenvalue weighted by Gasteiger charge is -2.39. The van der Waals surface area contributed by atoms with E-state index in [1.165, 1.54) is 24.8 Å². The first-order chi connectivity index (χ1) is 23.2. The number of piperidine rings is 1. The lowest BCUT2D eigenvalue weighted by Crippen LogP contribution is -2.41. The molecule has 1 fully saturated rings. The molecule has 3 aromatic carbocycles. The number of carbonyl (C=O) groups excluding carboxylic acids is 1. The number of hydrogen-bond donors (Lipinski definition) is 1. The summed E-state index contributed by atoms with van der Waals surface area (Å²) in [5.41, 5.74) is 4.81. The summed E-state index contributed by atoms with van der Waals surface area (Å²) in [7, 11) is 3.43. The van der Waals surface area contributed by atoms with Crippen LogP contribution in [0.4, 0.5) is 5.69 Å². The number of nitrogens with one attached hydrogen (secondary N) is 1. The molecule has 0 aromatic heterocycles. The Morgan fingerprint density at radius 3 is 2.42 bits per heavy atom. The van der Waals surface area contributed by atoms with E-state index >= 15 is 0 Å². The number of methoxy groups -OCH3 is 2. The van der Waals surface area contributed by atoms with Crippen molar-refractivity contribution in [2.45, 2.75) is 97.1 Å². The van der Waals surface area contributed by atoms with Crippen molar-refractivity contribution >= 4 is 11.5 Å². The van der Waals surface area contributed by atoms with E-state index in [1.807, 2.05) is 37.3 Å². The highest BCUT2D eigenvalue weighted by Crippen LogP contribution is 2.46. The van der Waals surface area contributed by atoms with E-state index in [9.17, 15) is 4.79 Å². The van der Waals surface area contributed by atoms with Gasteiger partial charge < -0.3 is 29.2 Å². The van der Waals surface area contributed by atoms with Crippen molar-refractivity contribution < 1.29 is 23.7 Å². The molecule has 0 bridgehead atoms. The van der Waals surface area contributed by atoms with Gasteiger partial charge in [0.15, 0.2) is 22.9 Å². The molecule has 1 N–H and O–H groups in total. The lowest BCUT2D eigenvalue weighted by molar-refractivity contribution is 0.000711. The minimum absolute atomic E-state index is 0.222. The summed E-state index contributed by atoms with van der Waals surface area (Å²) in [5.74, 6) is 3.22. The molecule has 2 aliphatic heterocycles. The molecule has 48 heavy (non-hydrogen) atoms. The fourth-order valence-corrected chi connectivity index (χ4v) is 6.63. The molecule has 0 saturated carbocycles. The lowest BCUT2D eigenvalue weighted by atomic mass is 9.87. The van der Waals surface area contributed by atoms with Crippen molar-refractivity contribution in [1.29, 1.82) is 0 Å². The monoisotopic (exact) mass is 658 g/mol. The summed E-state index contributed by atoms with van der Waals surface area (Å²) in [6.07, 6.45) is 7.44. The van der Waals surface area contributed by atoms with Crippen molar-refractivity contribution in [3.8, 4) is 17.2 Å². The molecule has 262 valence electrons. The number of likely N-dealkylation sites (tertiary alicyclic amines) is 1. The number of Topliss-reactive ketones (excluding diaryl/α,β-unsaturated/α-hetero) is 1. The molecular formula is C41H58N2O5. The number of nitrogens with zero attached hydrogens (tertiary/aromatic N) is 1. The van der Waals surface area contributed by atoms with Crippen LogP contribution in [0.2, 0.25) is 0 Å². The largest absolute Gasteiger partial charge is 0.497 e. The predicted octanol–water partition coefficient (Wildman–Crippen LogP) is 9.18. The fourth-order valence-electron chi connectivity index (χ4n) is 6.63. The number of hydrogen-bond acceptors (Lipinski definition) is 7. The first-order valence-corrected chi connectivity index (χ1v) is 17.9. The number of anilines is 1. The van der Waals surface area contributed by atoms with Gasteiger partial charge in [-0.2, -0.15) is 0 Å². The fraction of sp³-hybridized carbons (Fsp3) is 0.537. The molecule has 0 spiro atoms. The zero-order chi connectivity index (χ0) is 34.5. The third kappa shape index (κ3) is 9.99. The van der Waals surface area contributed by atoms with E-state index in [0.29, 0.717) is 25.0 Å². The molecule has 0 aliphatic carbocycles. The molecule has 2 heterocycles. The average Bonchev–Trinajstić information content (AvgIpc) is 3.10. The van der Waals surface area contributed by atoms with E-state index in [1.54, 1.807) is 14.2 Å². The number of fused-ring (bicyclic) bond motifs is 1. The summed E-state index contributed by atoms with van der Waals surface area (Å²) in [5, 5.41) is 3.67. The highest BCUT2D eigenvalue weighted by molar-refractivity contribution is 5.96. The number of aryl methyl sites for hydroxylation is 1. The second-order valence-electron chi connectivity index (χ2n) is 13.5. The Hall–Kier alpha value is -3.55. The molecule has 2 aliphatic rings. The van der Waals surface area contributed by atoms with Crippen molar-refractivity contribution in [2.75, 3.05) is 52.4 Å². The van der Waals surface area contributed by atoms with Crippen LogP contribution in [0.25, 0.3) is 0 Å². The maximum absolute atomic E-state index is 12.3. The van der Waals surface area contributed by atoms with Crippen molar-refractivity contribution in [2.24, 2.45) is 0 Å². The predicted molar refractivity (Wildman–Crippen MR) is 196 cm³/mol. The maximum atomic E-state index is 12.3. The molecule has 2 unspecified atom stereocenters. The zero-order valence-corrected chi connectivity index (χ0v) is 30.4. The molecule has 5 rings (SSSR count). The number of benzene rings is 3. The van der Waals surface area contributed by atoms with Gasteiger partial charge in [0, 0.05) is 49.5 Å². The van der Waals surface area contributed by atoms with Gasteiger partial charge in [-0.1, -0.05) is 51.0 Å². The summed E-state index contributed by atoms with van der Waals surface area (Å²) >= 11 is 0. The highest BCUT2D eigenvalue weighted by Gasteiger charge is 2.37. The van der Waals surface area contributed by atoms with Gasteiger partial charge in [-0.05, 0) is 113 Å². The standard InChI is InChI=1S/C35H44N2O4.C6H14O/c1-6-8-32(38)27-11-16-31(24(2)21-27)36-25(3)22-37-19-17-26(18-20-37)30-9-7-10-33-34(30)41-35(4,23-40-33)28-12-14-29(39-5)15-13-28;1-3-4-5-6-7-2/h7,9-16,21,25-26,36H,6,8,17-20,22-23H2,1-5H3;3-6H2,1-2H3. The summed E-state index contributed by atoms with van der Waals surface area (Å²) < 4.78 is 23.2. The van der Waals surface area contributed by atoms with Gasteiger partial charge in [-0.15, -0.1) is 0 Å². The van der Waals surface area contributed by atoms with E-state index in [0.717, 1.165) is 85.1 Å². The van der Waals surface area contributed by atoms with Gasteiger partial charge in [-0.25, -0.2) is 0 Å².